The number of carbonyl (C=O) groups excluding carboxylic acids is 3. The summed E-state index contributed by atoms with van der Waals surface area (Å²) >= 11 is 0.751. The van der Waals surface area contributed by atoms with Crippen LogP contribution in [0.15, 0.2) is 40.2 Å². The van der Waals surface area contributed by atoms with Crippen molar-refractivity contribution in [2.45, 2.75) is 83.6 Å². The zero-order valence-corrected chi connectivity index (χ0v) is 28.4. The summed E-state index contributed by atoms with van der Waals surface area (Å²) in [7, 11) is -5.42. The van der Waals surface area contributed by atoms with Crippen molar-refractivity contribution in [1.29, 1.82) is 0 Å². The molecule has 1 aromatic carbocycles. The van der Waals surface area contributed by atoms with Crippen molar-refractivity contribution in [2.24, 2.45) is 4.99 Å². The Morgan fingerprint density at radius 1 is 1.10 bits per heavy atom. The lowest BCUT2D eigenvalue weighted by Crippen LogP contribution is -2.44. The maximum atomic E-state index is 13.9. The molecule has 42 heavy (non-hydrogen) atoms. The standard InChI is InChI=1S/C28H41FN2O8S2Si/c1-18(32)37-17-21(33)23-15-24(25(40-23)30-26(34)38-27(2,3)4)41(35,36)31(8)16-22(19-11-13-20(29)14-12-19)39-42(9,10)28(5,6)7/h11-15,22-23H,16-17H2,1-10H3. The minimum absolute atomic E-state index is 0.145. The van der Waals surface area contributed by atoms with E-state index in [-0.39, 0.29) is 21.5 Å². The van der Waals surface area contributed by atoms with Crippen LogP contribution in [0.5, 0.6) is 0 Å². The molecular formula is C28H41FN2O8S2Si. The molecule has 0 N–H and O–H groups in total. The van der Waals surface area contributed by atoms with Gasteiger partial charge in [0.1, 0.15) is 21.4 Å². The van der Waals surface area contributed by atoms with E-state index >= 15 is 0 Å². The van der Waals surface area contributed by atoms with E-state index in [0.717, 1.165) is 23.0 Å². The first-order valence-corrected chi connectivity index (χ1v) is 18.5. The van der Waals surface area contributed by atoms with Crippen molar-refractivity contribution in [1.82, 2.24) is 4.31 Å². The summed E-state index contributed by atoms with van der Waals surface area (Å²) in [6.45, 7) is 15.5. The van der Waals surface area contributed by atoms with Crippen LogP contribution >= 0.6 is 11.8 Å². The van der Waals surface area contributed by atoms with Crippen molar-refractivity contribution in [3.63, 3.8) is 0 Å². The van der Waals surface area contributed by atoms with Gasteiger partial charge in [-0.2, -0.15) is 9.30 Å². The molecule has 0 aromatic heterocycles. The lowest BCUT2D eigenvalue weighted by Gasteiger charge is -2.40. The van der Waals surface area contributed by atoms with E-state index < -0.39 is 65.6 Å². The molecule has 234 valence electrons. The van der Waals surface area contributed by atoms with Gasteiger partial charge in [0.25, 0.3) is 0 Å². The van der Waals surface area contributed by atoms with E-state index in [4.69, 9.17) is 13.9 Å². The number of hydrogen-bond acceptors (Lipinski definition) is 9. The average molecular weight is 645 g/mol. The summed E-state index contributed by atoms with van der Waals surface area (Å²) in [5.41, 5.74) is -0.298. The quantitative estimate of drug-likeness (QED) is 0.236. The van der Waals surface area contributed by atoms with E-state index in [1.54, 1.807) is 32.9 Å². The Balaban J connectivity index is 2.50. The molecule has 1 aliphatic rings. The number of ether oxygens (including phenoxy) is 2. The van der Waals surface area contributed by atoms with Gasteiger partial charge in [-0.1, -0.05) is 44.7 Å². The number of esters is 1. The molecular weight excluding hydrogens is 604 g/mol. The summed E-state index contributed by atoms with van der Waals surface area (Å²) in [4.78, 5) is 40.0. The van der Waals surface area contributed by atoms with Gasteiger partial charge in [-0.3, -0.25) is 9.59 Å². The van der Waals surface area contributed by atoms with Crippen molar-refractivity contribution >= 4 is 53.0 Å². The Hall–Kier alpha value is -2.39. The Morgan fingerprint density at radius 3 is 2.17 bits per heavy atom. The molecule has 0 radical (unpaired) electrons. The van der Waals surface area contributed by atoms with Gasteiger partial charge in [0.15, 0.2) is 20.7 Å². The molecule has 0 spiro atoms. The van der Waals surface area contributed by atoms with Crippen LogP contribution in [0, 0.1) is 5.82 Å². The van der Waals surface area contributed by atoms with Crippen LogP contribution in [-0.2, 0) is 33.5 Å². The summed E-state index contributed by atoms with van der Waals surface area (Å²) < 4.78 is 59.3. The van der Waals surface area contributed by atoms with Crippen molar-refractivity contribution in [3.8, 4) is 0 Å². The van der Waals surface area contributed by atoms with Gasteiger partial charge in [0, 0.05) is 20.5 Å². The number of thioether (sulfide) groups is 1. The zero-order chi connectivity index (χ0) is 32.3. The van der Waals surface area contributed by atoms with E-state index in [1.165, 1.54) is 25.3 Å². The molecule has 0 aliphatic carbocycles. The second-order valence-corrected chi connectivity index (χ2v) is 20.3. The van der Waals surface area contributed by atoms with Crippen LogP contribution in [0.4, 0.5) is 9.18 Å². The number of nitrogens with zero attached hydrogens (tertiary/aromatic N) is 2. The minimum Gasteiger partial charge on any atom is -0.458 e. The Bertz CT molecular complexity index is 1350. The highest BCUT2D eigenvalue weighted by Gasteiger charge is 2.42. The highest BCUT2D eigenvalue weighted by Crippen LogP contribution is 2.41. The number of rotatable bonds is 10. The molecule has 2 atom stereocenters. The number of amides is 1. The molecule has 1 aromatic rings. The minimum atomic E-state index is -4.34. The van der Waals surface area contributed by atoms with Crippen LogP contribution in [0.3, 0.4) is 0 Å². The van der Waals surface area contributed by atoms with Gasteiger partial charge in [-0.05, 0) is 62.7 Å². The van der Waals surface area contributed by atoms with Crippen LogP contribution in [0.25, 0.3) is 0 Å². The number of sulfonamides is 1. The predicted octanol–water partition coefficient (Wildman–Crippen LogP) is 5.62. The topological polar surface area (TPSA) is 129 Å². The molecule has 2 unspecified atom stereocenters. The number of likely N-dealkylation sites (N-methyl/N-ethyl adjacent to an activating group) is 1. The maximum Gasteiger partial charge on any atom is 0.435 e. The van der Waals surface area contributed by atoms with Gasteiger partial charge in [-0.15, -0.1) is 0 Å². The Kier molecular flexibility index (Phi) is 11.5. The van der Waals surface area contributed by atoms with Gasteiger partial charge in [-0.25, -0.2) is 17.6 Å². The molecule has 10 nitrogen and oxygen atoms in total. The lowest BCUT2D eigenvalue weighted by molar-refractivity contribution is -0.145. The molecule has 0 saturated carbocycles. The zero-order valence-electron chi connectivity index (χ0n) is 25.8. The average Bonchev–Trinajstić information content (AvgIpc) is 3.24. The highest BCUT2D eigenvalue weighted by molar-refractivity contribution is 8.18. The first-order valence-electron chi connectivity index (χ1n) is 13.3. The van der Waals surface area contributed by atoms with Crippen LogP contribution in [0.2, 0.25) is 18.1 Å². The summed E-state index contributed by atoms with van der Waals surface area (Å²) in [6, 6.07) is 5.68. The monoisotopic (exact) mass is 644 g/mol. The first-order chi connectivity index (χ1) is 19.0. The van der Waals surface area contributed by atoms with Crippen LogP contribution in [-0.4, -0.2) is 75.0 Å². The first kappa shape index (κ1) is 35.8. The molecule has 1 amide bonds. The molecule has 0 saturated heterocycles. The van der Waals surface area contributed by atoms with Crippen LogP contribution < -0.4 is 0 Å². The SMILES string of the molecule is CC(=O)OCC(=O)C1C=C(S(=O)(=O)N(C)CC(O[Si](C)(C)C(C)(C)C)c2ccc(F)cc2)C(=NC(=O)OC(C)(C)C)S1. The number of benzene rings is 1. The van der Waals surface area contributed by atoms with Crippen molar-refractivity contribution in [2.75, 3.05) is 20.2 Å². The molecule has 2 rings (SSSR count). The molecule has 14 heteroatoms. The smallest absolute Gasteiger partial charge is 0.435 e. The predicted molar refractivity (Wildman–Crippen MR) is 164 cm³/mol. The third kappa shape index (κ3) is 9.83. The van der Waals surface area contributed by atoms with Gasteiger partial charge < -0.3 is 13.9 Å². The third-order valence-electron chi connectivity index (χ3n) is 6.67. The highest BCUT2D eigenvalue weighted by atomic mass is 32.2. The summed E-state index contributed by atoms with van der Waals surface area (Å²) in [5, 5.41) is -1.49. The largest absolute Gasteiger partial charge is 0.458 e. The number of ketones is 1. The van der Waals surface area contributed by atoms with E-state index in [2.05, 4.69) is 4.99 Å². The molecule has 0 fully saturated rings. The van der Waals surface area contributed by atoms with Crippen LogP contribution in [0.1, 0.15) is 60.1 Å². The lowest BCUT2D eigenvalue weighted by atomic mass is 10.1. The fourth-order valence-corrected chi connectivity index (χ4v) is 7.42. The van der Waals surface area contributed by atoms with Crippen molar-refractivity contribution in [3.05, 3.63) is 46.6 Å². The molecule has 1 aliphatic heterocycles. The maximum absolute atomic E-state index is 13.9. The second-order valence-electron chi connectivity index (χ2n) is 12.4. The fraction of sp³-hybridized carbons (Fsp3) is 0.571. The number of halogens is 1. The summed E-state index contributed by atoms with van der Waals surface area (Å²) in [5.74, 6) is -1.68. The number of hydrogen-bond donors (Lipinski definition) is 0. The number of Topliss-reactive ketones (excluding diaryl/α,β-unsaturated/α-hetero) is 1. The molecule has 1 heterocycles. The summed E-state index contributed by atoms with van der Waals surface area (Å²) in [6.07, 6.45) is -0.575. The van der Waals surface area contributed by atoms with Gasteiger partial charge in [0.05, 0.1) is 11.4 Å². The second kappa shape index (κ2) is 13.5. The van der Waals surface area contributed by atoms with E-state index in [9.17, 15) is 27.2 Å². The van der Waals surface area contributed by atoms with Gasteiger partial charge >= 0.3 is 12.1 Å². The number of aliphatic imine (C=N–C) groups is 1. The third-order valence-corrected chi connectivity index (χ3v) is 14.3. The normalized spacial score (nSPS) is 18.1. The Morgan fingerprint density at radius 2 is 1.67 bits per heavy atom. The van der Waals surface area contributed by atoms with Gasteiger partial charge in [0.2, 0.25) is 10.0 Å². The van der Waals surface area contributed by atoms with E-state index in [1.807, 2.05) is 33.9 Å². The van der Waals surface area contributed by atoms with Crippen molar-refractivity contribution < 1.29 is 41.1 Å². The Labute approximate surface area is 253 Å². The number of carbonyl (C=O) groups is 3. The fourth-order valence-electron chi connectivity index (χ4n) is 3.40. The molecule has 0 bridgehead atoms. The van der Waals surface area contributed by atoms with E-state index in [0.29, 0.717) is 5.56 Å².